The number of halogens is 1. The molecule has 1 aliphatic rings. The highest BCUT2D eigenvalue weighted by Crippen LogP contribution is 2.47. The van der Waals surface area contributed by atoms with E-state index in [0.717, 1.165) is 10.6 Å². The van der Waals surface area contributed by atoms with Gasteiger partial charge in [0.25, 0.3) is 0 Å². The Kier molecular flexibility index (Phi) is 2.58. The topological polar surface area (TPSA) is 12.9 Å². The number of aromatic nitrogens is 1. The number of rotatable bonds is 0. The summed E-state index contributed by atoms with van der Waals surface area (Å²) in [7, 11) is 0. The Bertz CT molecular complexity index is 433. The molecule has 0 N–H and O–H groups in total. The number of aryl methyl sites for hydroxylation is 1. The number of nitrogens with zero attached hydrogens (tertiary/aromatic N) is 1. The first-order chi connectivity index (χ1) is 7.26. The smallest absolute Gasteiger partial charge is 0.0512 e. The van der Waals surface area contributed by atoms with Gasteiger partial charge in [0, 0.05) is 11.6 Å². The highest BCUT2D eigenvalue weighted by Gasteiger charge is 2.39. The Morgan fingerprint density at radius 2 is 1.69 bits per heavy atom. The van der Waals surface area contributed by atoms with E-state index >= 15 is 0 Å². The third-order valence-corrected chi connectivity index (χ3v) is 4.37. The van der Waals surface area contributed by atoms with E-state index in [0.29, 0.717) is 0 Å². The summed E-state index contributed by atoms with van der Waals surface area (Å²) in [5.74, 6) is 0. The summed E-state index contributed by atoms with van der Waals surface area (Å²) >= 11 is 6.48. The second kappa shape index (κ2) is 3.46. The molecule has 0 unspecified atom stereocenters. The number of hydrogen-bond donors (Lipinski definition) is 0. The van der Waals surface area contributed by atoms with E-state index in [1.165, 1.54) is 24.1 Å². The third-order valence-electron chi connectivity index (χ3n) is 3.88. The molecule has 2 heteroatoms. The standard InChI is InChI=1S/C14H20ClN/c1-9-8-16-12-10(11(9)15)13(2,3)6-7-14(12,4)5/h8H,6-7H2,1-5H3. The summed E-state index contributed by atoms with van der Waals surface area (Å²) in [5, 5.41) is 0.919. The van der Waals surface area contributed by atoms with E-state index in [9.17, 15) is 0 Å². The van der Waals surface area contributed by atoms with Gasteiger partial charge in [-0.2, -0.15) is 0 Å². The maximum absolute atomic E-state index is 6.48. The van der Waals surface area contributed by atoms with Crippen LogP contribution in [0.25, 0.3) is 0 Å². The van der Waals surface area contributed by atoms with Crippen molar-refractivity contribution in [3.63, 3.8) is 0 Å². The van der Waals surface area contributed by atoms with Crippen LogP contribution in [0.4, 0.5) is 0 Å². The monoisotopic (exact) mass is 237 g/mol. The summed E-state index contributed by atoms with van der Waals surface area (Å²) in [6, 6.07) is 0. The maximum Gasteiger partial charge on any atom is 0.0512 e. The molecule has 1 aliphatic carbocycles. The van der Waals surface area contributed by atoms with Crippen molar-refractivity contribution in [2.45, 2.75) is 58.3 Å². The largest absolute Gasteiger partial charge is 0.260 e. The molecule has 0 atom stereocenters. The van der Waals surface area contributed by atoms with E-state index in [-0.39, 0.29) is 10.8 Å². The van der Waals surface area contributed by atoms with Crippen molar-refractivity contribution < 1.29 is 0 Å². The zero-order valence-electron chi connectivity index (χ0n) is 10.8. The van der Waals surface area contributed by atoms with Crippen LogP contribution in [0.2, 0.25) is 5.02 Å². The van der Waals surface area contributed by atoms with Crippen LogP contribution < -0.4 is 0 Å². The van der Waals surface area contributed by atoms with Gasteiger partial charge in [-0.05, 0) is 36.3 Å². The molecule has 0 spiro atoms. The number of hydrogen-bond acceptors (Lipinski definition) is 1. The Hall–Kier alpha value is -0.560. The molecule has 88 valence electrons. The van der Waals surface area contributed by atoms with Crippen molar-refractivity contribution in [2.75, 3.05) is 0 Å². The van der Waals surface area contributed by atoms with Gasteiger partial charge in [0.15, 0.2) is 0 Å². The zero-order valence-corrected chi connectivity index (χ0v) is 11.6. The lowest BCUT2D eigenvalue weighted by atomic mass is 9.65. The molecular weight excluding hydrogens is 218 g/mol. The molecule has 0 radical (unpaired) electrons. The van der Waals surface area contributed by atoms with E-state index in [4.69, 9.17) is 11.6 Å². The van der Waals surface area contributed by atoms with Gasteiger partial charge < -0.3 is 0 Å². The van der Waals surface area contributed by atoms with Crippen molar-refractivity contribution in [1.29, 1.82) is 0 Å². The fourth-order valence-electron chi connectivity index (χ4n) is 2.58. The van der Waals surface area contributed by atoms with Gasteiger partial charge in [-0.1, -0.05) is 39.3 Å². The minimum Gasteiger partial charge on any atom is -0.260 e. The molecular formula is C14H20ClN. The fraction of sp³-hybridized carbons (Fsp3) is 0.643. The lowest BCUT2D eigenvalue weighted by Gasteiger charge is -2.41. The average molecular weight is 238 g/mol. The van der Waals surface area contributed by atoms with Crippen LogP contribution in [0.1, 0.15) is 57.4 Å². The Balaban J connectivity index is 2.75. The van der Waals surface area contributed by atoms with Crippen LogP contribution >= 0.6 is 11.6 Å². The molecule has 0 bridgehead atoms. The fourth-order valence-corrected chi connectivity index (χ4v) is 2.98. The quantitative estimate of drug-likeness (QED) is 0.652. The van der Waals surface area contributed by atoms with Gasteiger partial charge in [0.1, 0.15) is 0 Å². The van der Waals surface area contributed by atoms with Crippen LogP contribution in [0.5, 0.6) is 0 Å². The molecule has 0 amide bonds. The number of fused-ring (bicyclic) bond motifs is 1. The maximum atomic E-state index is 6.48. The number of pyridine rings is 1. The highest BCUT2D eigenvalue weighted by atomic mass is 35.5. The van der Waals surface area contributed by atoms with Gasteiger partial charge in [0.05, 0.1) is 10.7 Å². The Morgan fingerprint density at radius 1 is 1.12 bits per heavy atom. The molecule has 1 aromatic heterocycles. The summed E-state index contributed by atoms with van der Waals surface area (Å²) in [6.07, 6.45) is 4.27. The van der Waals surface area contributed by atoms with Crippen LogP contribution in [0.3, 0.4) is 0 Å². The molecule has 0 aromatic carbocycles. The van der Waals surface area contributed by atoms with Gasteiger partial charge in [-0.3, -0.25) is 4.98 Å². The summed E-state index contributed by atoms with van der Waals surface area (Å²) in [4.78, 5) is 4.64. The summed E-state index contributed by atoms with van der Waals surface area (Å²) in [5.41, 5.74) is 3.86. The molecule has 1 heterocycles. The molecule has 16 heavy (non-hydrogen) atoms. The van der Waals surface area contributed by atoms with Crippen LogP contribution in [0.15, 0.2) is 6.20 Å². The van der Waals surface area contributed by atoms with Gasteiger partial charge in [0.2, 0.25) is 0 Å². The second-order valence-electron chi connectivity index (χ2n) is 6.25. The molecule has 2 rings (SSSR count). The minimum absolute atomic E-state index is 0.154. The molecule has 1 nitrogen and oxygen atoms in total. The predicted octanol–water partition coefficient (Wildman–Crippen LogP) is 4.39. The normalized spacial score (nSPS) is 21.6. The SMILES string of the molecule is Cc1cnc2c(c1Cl)C(C)(C)CCC2(C)C. The molecule has 0 aliphatic heterocycles. The van der Waals surface area contributed by atoms with Crippen molar-refractivity contribution in [3.05, 3.63) is 28.0 Å². The molecule has 1 aromatic rings. The minimum atomic E-state index is 0.154. The molecule has 0 fully saturated rings. The lowest BCUT2D eigenvalue weighted by Crippen LogP contribution is -2.35. The highest BCUT2D eigenvalue weighted by molar-refractivity contribution is 6.32. The molecule has 0 saturated carbocycles. The van der Waals surface area contributed by atoms with Crippen LogP contribution in [-0.4, -0.2) is 4.98 Å². The van der Waals surface area contributed by atoms with Crippen molar-refractivity contribution >= 4 is 11.6 Å². The van der Waals surface area contributed by atoms with E-state index in [2.05, 4.69) is 32.7 Å². The zero-order chi connectivity index (χ0) is 12.1. The first kappa shape index (κ1) is 11.9. The van der Waals surface area contributed by atoms with Crippen molar-refractivity contribution in [1.82, 2.24) is 4.98 Å². The van der Waals surface area contributed by atoms with Gasteiger partial charge in [-0.15, -0.1) is 0 Å². The summed E-state index contributed by atoms with van der Waals surface area (Å²) in [6.45, 7) is 11.1. The van der Waals surface area contributed by atoms with Crippen LogP contribution in [0, 0.1) is 6.92 Å². The van der Waals surface area contributed by atoms with Gasteiger partial charge >= 0.3 is 0 Å². The first-order valence-electron chi connectivity index (χ1n) is 5.92. The van der Waals surface area contributed by atoms with Gasteiger partial charge in [-0.25, -0.2) is 0 Å². The van der Waals surface area contributed by atoms with E-state index in [1.54, 1.807) is 0 Å². The van der Waals surface area contributed by atoms with Crippen molar-refractivity contribution in [3.8, 4) is 0 Å². The first-order valence-corrected chi connectivity index (χ1v) is 6.29. The Labute approximate surface area is 103 Å². The molecule has 0 saturated heterocycles. The van der Waals surface area contributed by atoms with E-state index < -0.39 is 0 Å². The van der Waals surface area contributed by atoms with E-state index in [1.807, 2.05) is 13.1 Å². The second-order valence-corrected chi connectivity index (χ2v) is 6.62. The van der Waals surface area contributed by atoms with Crippen LogP contribution in [-0.2, 0) is 10.8 Å². The predicted molar refractivity (Wildman–Crippen MR) is 69.3 cm³/mol. The average Bonchev–Trinajstić information content (AvgIpc) is 2.17. The Morgan fingerprint density at radius 3 is 2.31 bits per heavy atom. The van der Waals surface area contributed by atoms with Crippen molar-refractivity contribution in [2.24, 2.45) is 0 Å². The lowest BCUT2D eigenvalue weighted by molar-refractivity contribution is 0.323. The summed E-state index contributed by atoms with van der Waals surface area (Å²) < 4.78 is 0. The third kappa shape index (κ3) is 1.66.